The van der Waals surface area contributed by atoms with Crippen molar-refractivity contribution in [2.24, 2.45) is 0 Å². The normalized spacial score (nSPS) is 18.2. The molecule has 166 valence electrons. The first kappa shape index (κ1) is 21.2. The third-order valence-electron chi connectivity index (χ3n) is 6.30. The number of para-hydroxylation sites is 1. The Kier molecular flexibility index (Phi) is 5.86. The number of benzene rings is 1. The number of fused-ring (bicyclic) bond motifs is 2. The van der Waals surface area contributed by atoms with E-state index < -0.39 is 6.04 Å². The van der Waals surface area contributed by atoms with Crippen LogP contribution in [0.5, 0.6) is 11.5 Å². The van der Waals surface area contributed by atoms with Crippen LogP contribution in [-0.4, -0.2) is 66.6 Å². The number of piperidine rings is 1. The second-order valence-corrected chi connectivity index (χ2v) is 8.05. The largest absolute Gasteiger partial charge is 0.493 e. The Balaban J connectivity index is 1.40. The van der Waals surface area contributed by atoms with E-state index in [1.807, 2.05) is 4.90 Å². The molecule has 3 heterocycles. The smallest absolute Gasteiger partial charge is 0.255 e. The minimum atomic E-state index is -0.655. The molecule has 0 saturated carbocycles. The molecule has 0 bridgehead atoms. The van der Waals surface area contributed by atoms with Crippen molar-refractivity contribution in [1.29, 1.82) is 0 Å². The lowest BCUT2D eigenvalue weighted by molar-refractivity contribution is -0.134. The number of carbonyl (C=O) groups excluding carboxylic acids is 2. The van der Waals surface area contributed by atoms with Crippen molar-refractivity contribution in [3.63, 3.8) is 0 Å². The highest BCUT2D eigenvalue weighted by molar-refractivity contribution is 6.00. The summed E-state index contributed by atoms with van der Waals surface area (Å²) in [7, 11) is 3.00. The van der Waals surface area contributed by atoms with Crippen LogP contribution in [0.4, 0.5) is 0 Å². The average Bonchev–Trinajstić information content (AvgIpc) is 3.29. The number of imidazole rings is 1. The molecule has 3 N–H and O–H groups in total. The molecule has 9 nitrogen and oxygen atoms in total. The lowest BCUT2D eigenvalue weighted by Crippen LogP contribution is -2.57. The van der Waals surface area contributed by atoms with E-state index in [1.54, 1.807) is 31.5 Å². The van der Waals surface area contributed by atoms with Crippen LogP contribution in [0.1, 0.15) is 41.5 Å². The molecule has 9 heteroatoms. The fraction of sp³-hybridized carbons (Fsp3) is 0.500. The SMILES string of the molecule is COc1cccc(C(=O)NC(C)C(=O)N2CCC3(CC2)NCCc2[nH]cnc23)c1OC. The summed E-state index contributed by atoms with van der Waals surface area (Å²) in [5, 5.41) is 6.43. The van der Waals surface area contributed by atoms with Gasteiger partial charge >= 0.3 is 0 Å². The van der Waals surface area contributed by atoms with E-state index in [2.05, 4.69) is 20.6 Å². The number of likely N-dealkylation sites (tertiary alicyclic amines) is 1. The Morgan fingerprint density at radius 2 is 2.00 bits per heavy atom. The molecule has 0 radical (unpaired) electrons. The first-order chi connectivity index (χ1) is 15.0. The Hall–Kier alpha value is -3.07. The van der Waals surface area contributed by atoms with E-state index in [9.17, 15) is 9.59 Å². The fourth-order valence-electron chi connectivity index (χ4n) is 4.63. The maximum absolute atomic E-state index is 13.0. The number of nitrogens with one attached hydrogen (secondary N) is 3. The molecule has 2 amide bonds. The van der Waals surface area contributed by atoms with Gasteiger partial charge in [0, 0.05) is 31.7 Å². The van der Waals surface area contributed by atoms with Crippen LogP contribution in [0.15, 0.2) is 24.5 Å². The van der Waals surface area contributed by atoms with Crippen molar-refractivity contribution in [2.75, 3.05) is 33.9 Å². The molecule has 2 aromatic rings. The molecule has 1 saturated heterocycles. The first-order valence-electron chi connectivity index (χ1n) is 10.6. The zero-order chi connectivity index (χ0) is 22.0. The molecule has 1 spiro atoms. The number of carbonyl (C=O) groups is 2. The van der Waals surface area contributed by atoms with Gasteiger partial charge in [-0.05, 0) is 31.9 Å². The average molecular weight is 428 g/mol. The van der Waals surface area contributed by atoms with Gasteiger partial charge in [0.25, 0.3) is 5.91 Å². The molecule has 1 fully saturated rings. The molecule has 0 aliphatic carbocycles. The van der Waals surface area contributed by atoms with Gasteiger partial charge in [-0.2, -0.15) is 0 Å². The van der Waals surface area contributed by atoms with E-state index in [0.717, 1.165) is 31.5 Å². The topological polar surface area (TPSA) is 109 Å². The number of nitrogens with zero attached hydrogens (tertiary/aromatic N) is 2. The van der Waals surface area contributed by atoms with Crippen LogP contribution >= 0.6 is 0 Å². The lowest BCUT2D eigenvalue weighted by atomic mass is 9.80. The number of amides is 2. The number of aromatic nitrogens is 2. The Morgan fingerprint density at radius 3 is 2.71 bits per heavy atom. The number of ether oxygens (including phenoxy) is 2. The van der Waals surface area contributed by atoms with Gasteiger partial charge in [0.1, 0.15) is 6.04 Å². The first-order valence-corrected chi connectivity index (χ1v) is 10.6. The third-order valence-corrected chi connectivity index (χ3v) is 6.30. The van der Waals surface area contributed by atoms with Gasteiger partial charge in [0.15, 0.2) is 11.5 Å². The minimum absolute atomic E-state index is 0.0943. The van der Waals surface area contributed by atoms with E-state index in [0.29, 0.717) is 30.2 Å². The number of rotatable bonds is 5. The monoisotopic (exact) mass is 427 g/mol. The molecular weight excluding hydrogens is 398 g/mol. The van der Waals surface area contributed by atoms with Gasteiger partial charge in [0.05, 0.1) is 37.3 Å². The summed E-state index contributed by atoms with van der Waals surface area (Å²) in [6.07, 6.45) is 4.28. The predicted octanol–water partition coefficient (Wildman–Crippen LogP) is 1.21. The molecule has 4 rings (SSSR count). The van der Waals surface area contributed by atoms with Crippen molar-refractivity contribution in [3.05, 3.63) is 41.5 Å². The van der Waals surface area contributed by atoms with Crippen molar-refractivity contribution >= 4 is 11.8 Å². The van der Waals surface area contributed by atoms with Crippen LogP contribution in [-0.2, 0) is 16.8 Å². The van der Waals surface area contributed by atoms with Crippen LogP contribution in [0.3, 0.4) is 0 Å². The number of hydrogen-bond donors (Lipinski definition) is 3. The molecule has 2 aliphatic heterocycles. The molecular formula is C22H29N5O4. The molecule has 1 aromatic heterocycles. The van der Waals surface area contributed by atoms with Gasteiger partial charge < -0.3 is 30.0 Å². The summed E-state index contributed by atoms with van der Waals surface area (Å²) < 4.78 is 10.6. The summed E-state index contributed by atoms with van der Waals surface area (Å²) in [6, 6.07) is 4.43. The van der Waals surface area contributed by atoms with Crippen LogP contribution in [0.25, 0.3) is 0 Å². The molecule has 1 aromatic carbocycles. The van der Waals surface area contributed by atoms with Gasteiger partial charge in [-0.1, -0.05) is 6.07 Å². The van der Waals surface area contributed by atoms with Gasteiger partial charge in [-0.15, -0.1) is 0 Å². The highest BCUT2D eigenvalue weighted by Gasteiger charge is 2.42. The summed E-state index contributed by atoms with van der Waals surface area (Å²) >= 11 is 0. The van der Waals surface area contributed by atoms with Gasteiger partial charge in [-0.25, -0.2) is 4.98 Å². The Labute approximate surface area is 181 Å². The number of hydrogen-bond acceptors (Lipinski definition) is 6. The van der Waals surface area contributed by atoms with Gasteiger partial charge in [0.2, 0.25) is 5.91 Å². The Morgan fingerprint density at radius 1 is 1.23 bits per heavy atom. The van der Waals surface area contributed by atoms with E-state index in [-0.39, 0.29) is 17.4 Å². The highest BCUT2D eigenvalue weighted by Crippen LogP contribution is 2.36. The summed E-state index contributed by atoms with van der Waals surface area (Å²) in [5.41, 5.74) is 2.42. The maximum atomic E-state index is 13.0. The standard InChI is InChI=1S/C22H29N5O4/c1-14(26-20(28)15-5-4-6-17(30-2)18(15)31-3)21(29)27-11-8-22(9-12-27)19-16(7-10-25-22)23-13-24-19/h4-6,13-14,25H,7-12H2,1-3H3,(H,23,24)(H,26,28). The van der Waals surface area contributed by atoms with Crippen molar-refractivity contribution < 1.29 is 19.1 Å². The fourth-order valence-corrected chi connectivity index (χ4v) is 4.63. The summed E-state index contributed by atoms with van der Waals surface area (Å²) in [5.74, 6) is 0.344. The van der Waals surface area contributed by atoms with Gasteiger partial charge in [-0.3, -0.25) is 9.59 Å². The van der Waals surface area contributed by atoms with Crippen LogP contribution in [0, 0.1) is 0 Å². The van der Waals surface area contributed by atoms with Crippen LogP contribution < -0.4 is 20.1 Å². The number of H-pyrrole nitrogens is 1. The molecule has 1 unspecified atom stereocenters. The zero-order valence-corrected chi connectivity index (χ0v) is 18.2. The molecule has 31 heavy (non-hydrogen) atoms. The van der Waals surface area contributed by atoms with E-state index in [4.69, 9.17) is 9.47 Å². The summed E-state index contributed by atoms with van der Waals surface area (Å²) in [4.78, 5) is 35.4. The molecule has 1 atom stereocenters. The summed E-state index contributed by atoms with van der Waals surface area (Å²) in [6.45, 7) is 3.83. The lowest BCUT2D eigenvalue weighted by Gasteiger charge is -2.44. The number of methoxy groups -OCH3 is 2. The second kappa shape index (κ2) is 8.58. The van der Waals surface area contributed by atoms with Crippen molar-refractivity contribution in [1.82, 2.24) is 25.5 Å². The van der Waals surface area contributed by atoms with E-state index in [1.165, 1.54) is 19.9 Å². The highest BCUT2D eigenvalue weighted by atomic mass is 16.5. The zero-order valence-electron chi connectivity index (χ0n) is 18.2. The number of aromatic amines is 1. The van der Waals surface area contributed by atoms with Crippen molar-refractivity contribution in [2.45, 2.75) is 37.8 Å². The van der Waals surface area contributed by atoms with Crippen molar-refractivity contribution in [3.8, 4) is 11.5 Å². The predicted molar refractivity (Wildman–Crippen MR) is 114 cm³/mol. The third kappa shape index (κ3) is 3.85. The van der Waals surface area contributed by atoms with Crippen LogP contribution in [0.2, 0.25) is 0 Å². The maximum Gasteiger partial charge on any atom is 0.255 e. The molecule has 2 aliphatic rings. The minimum Gasteiger partial charge on any atom is -0.493 e. The quantitative estimate of drug-likeness (QED) is 0.662. The van der Waals surface area contributed by atoms with E-state index >= 15 is 0 Å². The second-order valence-electron chi connectivity index (χ2n) is 8.05. The Bertz CT molecular complexity index is 965.